The smallest absolute Gasteiger partial charge is 0.168 e. The van der Waals surface area contributed by atoms with Crippen LogP contribution in [0.5, 0.6) is 0 Å². The Balaban J connectivity index is 2.09. The molecule has 0 unspecified atom stereocenters. The van der Waals surface area contributed by atoms with Crippen molar-refractivity contribution in [1.82, 2.24) is 9.55 Å². The highest BCUT2D eigenvalue weighted by Crippen LogP contribution is 2.27. The van der Waals surface area contributed by atoms with Crippen LogP contribution >= 0.6 is 39.3 Å². The monoisotopic (exact) mass is 348 g/mol. The zero-order valence-corrected chi connectivity index (χ0v) is 12.8. The normalized spacial score (nSPS) is 10.9. The van der Waals surface area contributed by atoms with Crippen molar-refractivity contribution in [3.63, 3.8) is 0 Å². The van der Waals surface area contributed by atoms with Crippen molar-refractivity contribution in [3.8, 4) is 0 Å². The van der Waals surface area contributed by atoms with Crippen molar-refractivity contribution < 1.29 is 4.39 Å². The second-order valence-electron chi connectivity index (χ2n) is 3.75. The Bertz CT molecular complexity index is 559. The Labute approximate surface area is 123 Å². The van der Waals surface area contributed by atoms with Gasteiger partial charge in [0.25, 0.3) is 0 Å². The first-order valence-corrected chi connectivity index (χ1v) is 7.56. The van der Waals surface area contributed by atoms with Crippen LogP contribution < -0.4 is 0 Å². The lowest BCUT2D eigenvalue weighted by Gasteiger charge is -2.05. The summed E-state index contributed by atoms with van der Waals surface area (Å²) in [5.41, 5.74) is 2.02. The van der Waals surface area contributed by atoms with Gasteiger partial charge in [0.15, 0.2) is 5.16 Å². The molecule has 2 aromatic rings. The van der Waals surface area contributed by atoms with E-state index in [1.165, 1.54) is 12.1 Å². The maximum atomic E-state index is 13.0. The van der Waals surface area contributed by atoms with E-state index in [0.29, 0.717) is 5.88 Å². The van der Waals surface area contributed by atoms with Crippen LogP contribution in [0.25, 0.3) is 0 Å². The molecule has 18 heavy (non-hydrogen) atoms. The molecule has 0 aliphatic rings. The van der Waals surface area contributed by atoms with Crippen molar-refractivity contribution in [3.05, 3.63) is 45.9 Å². The van der Waals surface area contributed by atoms with Gasteiger partial charge in [-0.25, -0.2) is 9.37 Å². The molecule has 2 rings (SSSR count). The average molecular weight is 350 g/mol. The number of alkyl halides is 1. The second kappa shape index (κ2) is 6.08. The van der Waals surface area contributed by atoms with E-state index in [1.54, 1.807) is 24.0 Å². The highest BCUT2D eigenvalue weighted by molar-refractivity contribution is 9.10. The van der Waals surface area contributed by atoms with Crippen LogP contribution in [0, 0.1) is 5.82 Å². The van der Waals surface area contributed by atoms with Gasteiger partial charge in [-0.3, -0.25) is 0 Å². The van der Waals surface area contributed by atoms with Gasteiger partial charge in [-0.15, -0.1) is 11.6 Å². The van der Waals surface area contributed by atoms with Crippen LogP contribution in [0.4, 0.5) is 4.39 Å². The molecule has 0 bridgehead atoms. The predicted octanol–water partition coefficient (Wildman–Crippen LogP) is 4.35. The molecule has 0 fully saturated rings. The fourth-order valence-electron chi connectivity index (χ4n) is 1.47. The van der Waals surface area contributed by atoms with E-state index in [9.17, 15) is 4.39 Å². The standard InChI is InChI=1S/C12H11BrClFN2S/c1-17-10(5-14)6-16-12(17)18-7-8-2-3-9(15)4-11(8)13/h2-4,6H,5,7H2,1H3. The summed E-state index contributed by atoms with van der Waals surface area (Å²) in [7, 11) is 1.94. The first-order valence-electron chi connectivity index (χ1n) is 5.25. The Morgan fingerprint density at radius 1 is 1.50 bits per heavy atom. The lowest BCUT2D eigenvalue weighted by atomic mass is 10.2. The molecule has 0 aliphatic carbocycles. The number of nitrogens with zero attached hydrogens (tertiary/aromatic N) is 2. The molecule has 0 N–H and O–H groups in total. The minimum Gasteiger partial charge on any atom is -0.325 e. The predicted molar refractivity (Wildman–Crippen MR) is 76.4 cm³/mol. The van der Waals surface area contributed by atoms with E-state index in [-0.39, 0.29) is 5.82 Å². The van der Waals surface area contributed by atoms with E-state index >= 15 is 0 Å². The summed E-state index contributed by atoms with van der Waals surface area (Å²) in [6.07, 6.45) is 1.77. The van der Waals surface area contributed by atoms with E-state index < -0.39 is 0 Å². The molecule has 0 spiro atoms. The van der Waals surface area contributed by atoms with Gasteiger partial charge in [0.2, 0.25) is 0 Å². The van der Waals surface area contributed by atoms with Gasteiger partial charge in [0.1, 0.15) is 5.82 Å². The third kappa shape index (κ3) is 3.08. The molecular formula is C12H11BrClFN2S. The largest absolute Gasteiger partial charge is 0.325 e. The highest BCUT2D eigenvalue weighted by Gasteiger charge is 2.08. The molecule has 0 radical (unpaired) electrons. The van der Waals surface area contributed by atoms with Gasteiger partial charge < -0.3 is 4.57 Å². The summed E-state index contributed by atoms with van der Waals surface area (Å²) in [4.78, 5) is 4.30. The van der Waals surface area contributed by atoms with Crippen LogP contribution in [-0.4, -0.2) is 9.55 Å². The summed E-state index contributed by atoms with van der Waals surface area (Å²) < 4.78 is 15.7. The molecule has 6 heteroatoms. The lowest BCUT2D eigenvalue weighted by molar-refractivity contribution is 0.626. The summed E-state index contributed by atoms with van der Waals surface area (Å²) in [5, 5.41) is 0.905. The Kier molecular flexibility index (Phi) is 4.70. The lowest BCUT2D eigenvalue weighted by Crippen LogP contribution is -1.96. The first-order chi connectivity index (χ1) is 8.61. The van der Waals surface area contributed by atoms with Gasteiger partial charge in [-0.1, -0.05) is 33.8 Å². The highest BCUT2D eigenvalue weighted by atomic mass is 79.9. The Hall–Kier alpha value is -0.520. The van der Waals surface area contributed by atoms with E-state index in [1.807, 2.05) is 11.6 Å². The Morgan fingerprint density at radius 3 is 2.89 bits per heavy atom. The number of thioether (sulfide) groups is 1. The molecule has 0 saturated heterocycles. The van der Waals surface area contributed by atoms with Crippen LogP contribution in [0.3, 0.4) is 0 Å². The number of imidazole rings is 1. The van der Waals surface area contributed by atoms with E-state index in [0.717, 1.165) is 26.6 Å². The fourth-order valence-corrected chi connectivity index (χ4v) is 3.36. The summed E-state index contributed by atoms with van der Waals surface area (Å²) in [6.45, 7) is 0. The zero-order valence-electron chi connectivity index (χ0n) is 9.66. The van der Waals surface area contributed by atoms with Crippen molar-refractivity contribution in [2.24, 2.45) is 7.05 Å². The molecule has 0 amide bonds. The van der Waals surface area contributed by atoms with Crippen LogP contribution in [-0.2, 0) is 18.7 Å². The third-order valence-electron chi connectivity index (χ3n) is 2.55. The first kappa shape index (κ1) is 13.9. The van der Waals surface area contributed by atoms with Gasteiger partial charge in [-0.05, 0) is 17.7 Å². The molecule has 0 saturated carbocycles. The number of halogens is 3. The van der Waals surface area contributed by atoms with Crippen molar-refractivity contribution >= 4 is 39.3 Å². The SMILES string of the molecule is Cn1c(CCl)cnc1SCc1ccc(F)cc1Br. The third-order valence-corrected chi connectivity index (χ3v) is 4.66. The molecular weight excluding hydrogens is 339 g/mol. The van der Waals surface area contributed by atoms with E-state index in [2.05, 4.69) is 20.9 Å². The number of hydrogen-bond donors (Lipinski definition) is 0. The molecule has 2 nitrogen and oxygen atoms in total. The van der Waals surface area contributed by atoms with Gasteiger partial charge in [0.05, 0.1) is 17.8 Å². The molecule has 96 valence electrons. The minimum absolute atomic E-state index is 0.239. The number of hydrogen-bond acceptors (Lipinski definition) is 2. The van der Waals surface area contributed by atoms with Gasteiger partial charge in [0, 0.05) is 17.3 Å². The number of rotatable bonds is 4. The maximum Gasteiger partial charge on any atom is 0.168 e. The van der Waals surface area contributed by atoms with Crippen LogP contribution in [0.15, 0.2) is 34.0 Å². The van der Waals surface area contributed by atoms with Gasteiger partial charge >= 0.3 is 0 Å². The Morgan fingerprint density at radius 2 is 2.28 bits per heavy atom. The molecule has 1 aromatic heterocycles. The quantitative estimate of drug-likeness (QED) is 0.603. The summed E-state index contributed by atoms with van der Waals surface area (Å²) >= 11 is 10.7. The van der Waals surface area contributed by atoms with Crippen molar-refractivity contribution in [1.29, 1.82) is 0 Å². The van der Waals surface area contributed by atoms with Crippen molar-refractivity contribution in [2.45, 2.75) is 16.8 Å². The summed E-state index contributed by atoms with van der Waals surface area (Å²) in [5.74, 6) is 0.939. The molecule has 0 atom stereocenters. The molecule has 1 aromatic carbocycles. The van der Waals surface area contributed by atoms with Crippen LogP contribution in [0.2, 0.25) is 0 Å². The number of benzene rings is 1. The summed E-state index contributed by atoms with van der Waals surface area (Å²) in [6, 6.07) is 4.71. The average Bonchev–Trinajstić information content (AvgIpc) is 2.69. The maximum absolute atomic E-state index is 13.0. The van der Waals surface area contributed by atoms with Crippen molar-refractivity contribution in [2.75, 3.05) is 0 Å². The zero-order chi connectivity index (χ0) is 13.1. The second-order valence-corrected chi connectivity index (χ2v) is 5.81. The fraction of sp³-hybridized carbons (Fsp3) is 0.250. The molecule has 0 aliphatic heterocycles. The van der Waals surface area contributed by atoms with E-state index in [4.69, 9.17) is 11.6 Å². The molecule has 1 heterocycles. The number of aromatic nitrogens is 2. The minimum atomic E-state index is -0.239. The topological polar surface area (TPSA) is 17.8 Å². The van der Waals surface area contributed by atoms with Crippen LogP contribution in [0.1, 0.15) is 11.3 Å². The van der Waals surface area contributed by atoms with Gasteiger partial charge in [-0.2, -0.15) is 0 Å².